The van der Waals surface area contributed by atoms with Crippen LogP contribution >= 0.6 is 0 Å². The number of hydrogen-bond donors (Lipinski definition) is 0. The van der Waals surface area contributed by atoms with E-state index in [1.807, 2.05) is 0 Å². The molecule has 1 heterocycles. The van der Waals surface area contributed by atoms with Crippen LogP contribution in [0.3, 0.4) is 0 Å². The number of hydrogen-bond acceptors (Lipinski definition) is 4. The van der Waals surface area contributed by atoms with E-state index in [1.165, 1.54) is 37.5 Å². The van der Waals surface area contributed by atoms with E-state index < -0.39 is 35.6 Å². The molecule has 1 aliphatic heterocycles. The Bertz CT molecular complexity index is 1010. The summed E-state index contributed by atoms with van der Waals surface area (Å²) in [5, 5.41) is 0. The van der Waals surface area contributed by atoms with Crippen molar-refractivity contribution >= 4 is 12.4 Å². The van der Waals surface area contributed by atoms with Crippen LogP contribution in [0.25, 0.3) is 0 Å². The van der Waals surface area contributed by atoms with Crippen LogP contribution in [0.2, 0.25) is 0 Å². The van der Waals surface area contributed by atoms with E-state index >= 15 is 0 Å². The number of halogens is 6. The second-order valence-electron chi connectivity index (χ2n) is 7.19. The van der Waals surface area contributed by atoms with Gasteiger partial charge in [0.1, 0.15) is 17.5 Å². The Labute approximate surface area is 180 Å². The quantitative estimate of drug-likeness (QED) is 0.353. The first-order chi connectivity index (χ1) is 15.0. The monoisotopic (exact) mass is 458 g/mol. The van der Waals surface area contributed by atoms with Crippen LogP contribution in [0.1, 0.15) is 41.6 Å². The highest BCUT2D eigenvalue weighted by Gasteiger charge is 2.37. The summed E-state index contributed by atoms with van der Waals surface area (Å²) in [5.74, 6) is 0.0581. The molecule has 3 rings (SSSR count). The van der Waals surface area contributed by atoms with Gasteiger partial charge >= 0.3 is 12.4 Å². The molecule has 0 spiro atoms. The van der Waals surface area contributed by atoms with Gasteiger partial charge in [0.15, 0.2) is 0 Å². The predicted molar refractivity (Wildman–Crippen MR) is 108 cm³/mol. The number of aliphatic imine (C=N–C) groups is 2. The molecule has 0 aromatic heterocycles. The zero-order valence-corrected chi connectivity index (χ0v) is 17.2. The topological polar surface area (TPSA) is 43.2 Å². The molecule has 1 aliphatic rings. The van der Waals surface area contributed by atoms with Gasteiger partial charge in [0.05, 0.1) is 23.8 Å². The van der Waals surface area contributed by atoms with Crippen molar-refractivity contribution in [3.63, 3.8) is 0 Å². The lowest BCUT2D eigenvalue weighted by Gasteiger charge is -2.18. The van der Waals surface area contributed by atoms with Gasteiger partial charge in [-0.15, -0.1) is 0 Å². The minimum atomic E-state index is -4.57. The lowest BCUT2D eigenvalue weighted by Crippen LogP contribution is -2.17. The Kier molecular flexibility index (Phi) is 6.80. The van der Waals surface area contributed by atoms with Gasteiger partial charge in [-0.05, 0) is 42.8 Å². The molecule has 4 nitrogen and oxygen atoms in total. The van der Waals surface area contributed by atoms with Crippen molar-refractivity contribution in [1.29, 1.82) is 0 Å². The highest BCUT2D eigenvalue weighted by atomic mass is 19.4. The van der Waals surface area contributed by atoms with Crippen LogP contribution in [0.5, 0.6) is 11.5 Å². The standard InChI is InChI=1S/C22H20F6N2O2/c1-13(32-16-4-3-14(11-29-2)18(10-16)21(23,24)25)7-8-31-15-5-6-17(20-12-30-20)19(9-15)22(26,27)28/h3-6,9-13,20H,7-8H2,1-2H3/t13-,20?/m1/s1. The van der Waals surface area contributed by atoms with Crippen molar-refractivity contribution in [2.75, 3.05) is 13.7 Å². The molecule has 32 heavy (non-hydrogen) atoms. The Morgan fingerprint density at radius 2 is 1.62 bits per heavy atom. The molecule has 0 bridgehead atoms. The number of ether oxygens (including phenoxy) is 2. The molecule has 0 radical (unpaired) electrons. The number of nitrogens with zero attached hydrogens (tertiary/aromatic N) is 2. The number of benzene rings is 2. The highest BCUT2D eigenvalue weighted by molar-refractivity contribution is 5.82. The van der Waals surface area contributed by atoms with Crippen LogP contribution in [0.4, 0.5) is 26.3 Å². The van der Waals surface area contributed by atoms with Gasteiger partial charge in [0.2, 0.25) is 0 Å². The largest absolute Gasteiger partial charge is 0.493 e. The molecule has 1 unspecified atom stereocenters. The van der Waals surface area contributed by atoms with Crippen molar-refractivity contribution in [1.82, 2.24) is 0 Å². The van der Waals surface area contributed by atoms with Crippen LogP contribution in [0.15, 0.2) is 46.4 Å². The zero-order chi connectivity index (χ0) is 23.5. The maximum atomic E-state index is 13.3. The average Bonchev–Trinajstić information content (AvgIpc) is 3.53. The van der Waals surface area contributed by atoms with Gasteiger partial charge in [-0.1, -0.05) is 6.07 Å². The van der Waals surface area contributed by atoms with E-state index in [0.717, 1.165) is 18.3 Å². The van der Waals surface area contributed by atoms with Gasteiger partial charge in [-0.3, -0.25) is 9.98 Å². The Hall–Kier alpha value is -3.04. The maximum Gasteiger partial charge on any atom is 0.417 e. The SMILES string of the molecule is CN=Cc1ccc(O[C@H](C)CCOc2ccc(C3C=N3)c(C(F)(F)F)c2)cc1C(F)(F)F. The van der Waals surface area contributed by atoms with Crippen molar-refractivity contribution in [3.05, 3.63) is 58.7 Å². The predicted octanol–water partition coefficient (Wildman–Crippen LogP) is 6.13. The van der Waals surface area contributed by atoms with Crippen molar-refractivity contribution in [2.45, 2.75) is 37.8 Å². The minimum Gasteiger partial charge on any atom is -0.493 e. The first kappa shape index (κ1) is 23.6. The molecule has 172 valence electrons. The summed E-state index contributed by atoms with van der Waals surface area (Å²) >= 11 is 0. The van der Waals surface area contributed by atoms with Crippen molar-refractivity contribution in [3.8, 4) is 11.5 Å². The number of alkyl halides is 6. The first-order valence-corrected chi connectivity index (χ1v) is 9.66. The Morgan fingerprint density at radius 3 is 2.22 bits per heavy atom. The van der Waals surface area contributed by atoms with Crippen LogP contribution in [0, 0.1) is 0 Å². The lowest BCUT2D eigenvalue weighted by molar-refractivity contribution is -0.138. The summed E-state index contributed by atoms with van der Waals surface area (Å²) in [6.07, 6.45) is -6.87. The lowest BCUT2D eigenvalue weighted by atomic mass is 10.0. The third kappa shape index (κ3) is 6.02. The minimum absolute atomic E-state index is 0.0183. The maximum absolute atomic E-state index is 13.3. The Balaban J connectivity index is 1.60. The summed E-state index contributed by atoms with van der Waals surface area (Å²) in [5.41, 5.74) is -1.69. The van der Waals surface area contributed by atoms with Crippen LogP contribution < -0.4 is 9.47 Å². The first-order valence-electron chi connectivity index (χ1n) is 9.66. The van der Waals surface area contributed by atoms with Crippen LogP contribution in [-0.2, 0) is 12.4 Å². The molecule has 0 fully saturated rings. The summed E-state index contributed by atoms with van der Waals surface area (Å²) in [6, 6.07) is 6.69. The zero-order valence-electron chi connectivity index (χ0n) is 17.2. The van der Waals surface area contributed by atoms with Gasteiger partial charge in [0, 0.05) is 31.5 Å². The average molecular weight is 458 g/mol. The highest BCUT2D eigenvalue weighted by Crippen LogP contribution is 2.40. The summed E-state index contributed by atoms with van der Waals surface area (Å²) in [7, 11) is 1.37. The molecule has 0 amide bonds. The molecule has 0 aliphatic carbocycles. The third-order valence-corrected chi connectivity index (χ3v) is 4.68. The molecular weight excluding hydrogens is 438 g/mol. The second kappa shape index (κ2) is 9.22. The molecular formula is C22H20F6N2O2. The van der Waals surface area contributed by atoms with Gasteiger partial charge < -0.3 is 9.47 Å². The van der Waals surface area contributed by atoms with E-state index in [2.05, 4.69) is 9.98 Å². The molecule has 0 saturated carbocycles. The smallest absolute Gasteiger partial charge is 0.417 e. The van der Waals surface area contributed by atoms with E-state index in [4.69, 9.17) is 9.47 Å². The summed E-state index contributed by atoms with van der Waals surface area (Å²) in [6.45, 7) is 1.65. The fraction of sp³-hybridized carbons (Fsp3) is 0.364. The molecule has 10 heteroatoms. The van der Waals surface area contributed by atoms with E-state index in [1.54, 1.807) is 6.92 Å². The second-order valence-corrected chi connectivity index (χ2v) is 7.19. The summed E-state index contributed by atoms with van der Waals surface area (Å²) in [4.78, 5) is 7.40. The van der Waals surface area contributed by atoms with E-state index in [-0.39, 0.29) is 35.7 Å². The van der Waals surface area contributed by atoms with Gasteiger partial charge in [-0.2, -0.15) is 26.3 Å². The van der Waals surface area contributed by atoms with Crippen molar-refractivity contribution < 1.29 is 35.8 Å². The normalized spacial score (nSPS) is 16.9. The van der Waals surface area contributed by atoms with Gasteiger partial charge in [-0.25, -0.2) is 0 Å². The molecule has 0 saturated heterocycles. The number of rotatable bonds is 8. The van der Waals surface area contributed by atoms with E-state index in [9.17, 15) is 26.3 Å². The molecule has 0 N–H and O–H groups in total. The fourth-order valence-electron chi connectivity index (χ4n) is 3.07. The van der Waals surface area contributed by atoms with Crippen molar-refractivity contribution in [2.24, 2.45) is 9.98 Å². The van der Waals surface area contributed by atoms with Gasteiger partial charge in [0.25, 0.3) is 0 Å². The summed E-state index contributed by atoms with van der Waals surface area (Å²) < 4.78 is 90.6. The Morgan fingerprint density at radius 1 is 1.00 bits per heavy atom. The fourth-order valence-corrected chi connectivity index (χ4v) is 3.07. The molecule has 2 atom stereocenters. The third-order valence-electron chi connectivity index (χ3n) is 4.68. The molecule has 2 aromatic rings. The molecule has 2 aromatic carbocycles. The van der Waals surface area contributed by atoms with Crippen LogP contribution in [-0.4, -0.2) is 32.2 Å². The van der Waals surface area contributed by atoms with E-state index in [0.29, 0.717) is 0 Å².